The standard InChI is InChI=1S/C18H28N2/c1-14-8-7-10-16(15(14)2)19-17-9-3-4-11-18(17)20-12-5-6-13-20/h3-4,9,11,14-16,19H,5-8,10,12-13H2,1-2H3. The van der Waals surface area contributed by atoms with Gasteiger partial charge in [0.25, 0.3) is 0 Å². The summed E-state index contributed by atoms with van der Waals surface area (Å²) in [5.74, 6) is 1.62. The van der Waals surface area contributed by atoms with Crippen LogP contribution in [0.1, 0.15) is 46.0 Å². The molecule has 2 nitrogen and oxygen atoms in total. The summed E-state index contributed by atoms with van der Waals surface area (Å²) in [6.45, 7) is 7.26. The van der Waals surface area contributed by atoms with Gasteiger partial charge in [-0.3, -0.25) is 0 Å². The Hall–Kier alpha value is -1.18. The minimum atomic E-state index is 0.641. The van der Waals surface area contributed by atoms with Crippen molar-refractivity contribution in [3.63, 3.8) is 0 Å². The molecular formula is C18H28N2. The van der Waals surface area contributed by atoms with Gasteiger partial charge in [-0.15, -0.1) is 0 Å². The second kappa shape index (κ2) is 6.07. The number of hydrogen-bond acceptors (Lipinski definition) is 2. The zero-order valence-corrected chi connectivity index (χ0v) is 12.9. The first-order chi connectivity index (χ1) is 9.75. The summed E-state index contributed by atoms with van der Waals surface area (Å²) in [6, 6.07) is 9.52. The summed E-state index contributed by atoms with van der Waals surface area (Å²) >= 11 is 0. The van der Waals surface area contributed by atoms with Crippen molar-refractivity contribution >= 4 is 11.4 Å². The van der Waals surface area contributed by atoms with Crippen LogP contribution in [0, 0.1) is 11.8 Å². The van der Waals surface area contributed by atoms with Crippen LogP contribution in [0.15, 0.2) is 24.3 Å². The smallest absolute Gasteiger partial charge is 0.0602 e. The van der Waals surface area contributed by atoms with Crippen molar-refractivity contribution in [2.45, 2.75) is 52.0 Å². The van der Waals surface area contributed by atoms with E-state index < -0.39 is 0 Å². The summed E-state index contributed by atoms with van der Waals surface area (Å²) in [5, 5.41) is 3.86. The molecule has 1 aliphatic carbocycles. The molecule has 3 unspecified atom stereocenters. The normalized spacial score (nSPS) is 30.5. The van der Waals surface area contributed by atoms with E-state index in [0.29, 0.717) is 6.04 Å². The van der Waals surface area contributed by atoms with Gasteiger partial charge in [0.15, 0.2) is 0 Å². The van der Waals surface area contributed by atoms with Crippen molar-refractivity contribution in [3.8, 4) is 0 Å². The number of nitrogens with zero attached hydrogens (tertiary/aromatic N) is 1. The highest BCUT2D eigenvalue weighted by Crippen LogP contribution is 2.35. The summed E-state index contributed by atoms with van der Waals surface area (Å²) in [6.07, 6.45) is 6.76. The van der Waals surface area contributed by atoms with E-state index >= 15 is 0 Å². The molecule has 3 atom stereocenters. The Morgan fingerprint density at radius 2 is 1.75 bits per heavy atom. The third-order valence-corrected chi connectivity index (χ3v) is 5.40. The number of nitrogens with one attached hydrogen (secondary N) is 1. The summed E-state index contributed by atoms with van der Waals surface area (Å²) < 4.78 is 0. The molecule has 1 aromatic carbocycles. The average Bonchev–Trinajstić information content (AvgIpc) is 2.98. The minimum Gasteiger partial charge on any atom is -0.380 e. The number of para-hydroxylation sites is 2. The van der Waals surface area contributed by atoms with Crippen LogP contribution in [0.3, 0.4) is 0 Å². The number of hydrogen-bond donors (Lipinski definition) is 1. The molecule has 0 radical (unpaired) electrons. The molecule has 0 aromatic heterocycles. The second-order valence-electron chi connectivity index (χ2n) is 6.73. The largest absolute Gasteiger partial charge is 0.380 e. The molecule has 1 aliphatic heterocycles. The third kappa shape index (κ3) is 2.79. The fraction of sp³-hybridized carbons (Fsp3) is 0.667. The van der Waals surface area contributed by atoms with Crippen molar-refractivity contribution in [3.05, 3.63) is 24.3 Å². The lowest BCUT2D eigenvalue weighted by Crippen LogP contribution is -2.35. The van der Waals surface area contributed by atoms with E-state index in [1.165, 1.54) is 56.6 Å². The van der Waals surface area contributed by atoms with Crippen molar-refractivity contribution in [1.82, 2.24) is 0 Å². The lowest BCUT2D eigenvalue weighted by Gasteiger charge is -2.36. The van der Waals surface area contributed by atoms with E-state index in [1.807, 2.05) is 0 Å². The first-order valence-electron chi connectivity index (χ1n) is 8.36. The predicted molar refractivity (Wildman–Crippen MR) is 87.5 cm³/mol. The molecule has 0 amide bonds. The van der Waals surface area contributed by atoms with Gasteiger partial charge >= 0.3 is 0 Å². The predicted octanol–water partition coefficient (Wildman–Crippen LogP) is 4.52. The van der Waals surface area contributed by atoms with E-state index in [2.05, 4.69) is 48.3 Å². The minimum absolute atomic E-state index is 0.641. The highest BCUT2D eigenvalue weighted by atomic mass is 15.2. The zero-order chi connectivity index (χ0) is 13.9. The maximum atomic E-state index is 3.86. The first-order valence-corrected chi connectivity index (χ1v) is 8.36. The van der Waals surface area contributed by atoms with Gasteiger partial charge in [-0.2, -0.15) is 0 Å². The van der Waals surface area contributed by atoms with Gasteiger partial charge < -0.3 is 10.2 Å². The lowest BCUT2D eigenvalue weighted by atomic mass is 9.78. The van der Waals surface area contributed by atoms with Crippen LogP contribution in [-0.2, 0) is 0 Å². The van der Waals surface area contributed by atoms with Crippen LogP contribution in [0.25, 0.3) is 0 Å². The number of rotatable bonds is 3. The molecule has 20 heavy (non-hydrogen) atoms. The maximum Gasteiger partial charge on any atom is 0.0602 e. The van der Waals surface area contributed by atoms with Gasteiger partial charge in [-0.1, -0.05) is 38.8 Å². The Bertz CT molecular complexity index is 437. The molecule has 2 fully saturated rings. The molecule has 1 N–H and O–H groups in total. The molecular weight excluding hydrogens is 244 g/mol. The number of benzene rings is 1. The van der Waals surface area contributed by atoms with Gasteiger partial charge in [0, 0.05) is 19.1 Å². The molecule has 3 rings (SSSR count). The Kier molecular flexibility index (Phi) is 4.18. The zero-order valence-electron chi connectivity index (χ0n) is 12.9. The Labute approximate surface area is 123 Å². The SMILES string of the molecule is CC1CCCC(Nc2ccccc2N2CCCC2)C1C. The molecule has 110 valence electrons. The van der Waals surface area contributed by atoms with E-state index in [1.54, 1.807) is 0 Å². The molecule has 2 aliphatic rings. The van der Waals surface area contributed by atoms with Crippen LogP contribution < -0.4 is 10.2 Å². The van der Waals surface area contributed by atoms with Crippen LogP contribution >= 0.6 is 0 Å². The van der Waals surface area contributed by atoms with E-state index in [4.69, 9.17) is 0 Å². The van der Waals surface area contributed by atoms with E-state index in [9.17, 15) is 0 Å². The first kappa shape index (κ1) is 13.8. The summed E-state index contributed by atoms with van der Waals surface area (Å²) in [7, 11) is 0. The molecule has 0 bridgehead atoms. The van der Waals surface area contributed by atoms with E-state index in [-0.39, 0.29) is 0 Å². The molecule has 1 heterocycles. The Balaban J connectivity index is 1.76. The fourth-order valence-electron chi connectivity index (χ4n) is 3.81. The van der Waals surface area contributed by atoms with Gasteiger partial charge in [0.1, 0.15) is 0 Å². The van der Waals surface area contributed by atoms with Crippen LogP contribution in [0.2, 0.25) is 0 Å². The van der Waals surface area contributed by atoms with Crippen LogP contribution in [0.5, 0.6) is 0 Å². The summed E-state index contributed by atoms with van der Waals surface area (Å²) in [4.78, 5) is 2.54. The van der Waals surface area contributed by atoms with Gasteiger partial charge in [-0.05, 0) is 43.2 Å². The van der Waals surface area contributed by atoms with Crippen LogP contribution in [0.4, 0.5) is 11.4 Å². The molecule has 2 heteroatoms. The molecule has 1 aromatic rings. The topological polar surface area (TPSA) is 15.3 Å². The quantitative estimate of drug-likeness (QED) is 0.870. The monoisotopic (exact) mass is 272 g/mol. The van der Waals surface area contributed by atoms with Gasteiger partial charge in [0.05, 0.1) is 11.4 Å². The maximum absolute atomic E-state index is 3.86. The van der Waals surface area contributed by atoms with Crippen molar-refractivity contribution < 1.29 is 0 Å². The summed E-state index contributed by atoms with van der Waals surface area (Å²) in [5.41, 5.74) is 2.76. The van der Waals surface area contributed by atoms with Gasteiger partial charge in [-0.25, -0.2) is 0 Å². The van der Waals surface area contributed by atoms with Crippen molar-refractivity contribution in [2.24, 2.45) is 11.8 Å². The molecule has 0 spiro atoms. The van der Waals surface area contributed by atoms with Crippen molar-refractivity contribution in [2.75, 3.05) is 23.3 Å². The van der Waals surface area contributed by atoms with Crippen molar-refractivity contribution in [1.29, 1.82) is 0 Å². The van der Waals surface area contributed by atoms with Gasteiger partial charge in [0.2, 0.25) is 0 Å². The van der Waals surface area contributed by atoms with Crippen LogP contribution in [-0.4, -0.2) is 19.1 Å². The highest BCUT2D eigenvalue weighted by Gasteiger charge is 2.27. The van der Waals surface area contributed by atoms with E-state index in [0.717, 1.165) is 11.8 Å². The Morgan fingerprint density at radius 1 is 1.00 bits per heavy atom. The molecule has 1 saturated carbocycles. The average molecular weight is 272 g/mol. The second-order valence-corrected chi connectivity index (χ2v) is 6.73. The lowest BCUT2D eigenvalue weighted by molar-refractivity contribution is 0.253. The fourth-order valence-corrected chi connectivity index (χ4v) is 3.81. The Morgan fingerprint density at radius 3 is 2.55 bits per heavy atom. The number of anilines is 2. The highest BCUT2D eigenvalue weighted by molar-refractivity contribution is 5.70. The third-order valence-electron chi connectivity index (χ3n) is 5.40. The molecule has 1 saturated heterocycles.